The molecule has 2 N–H and O–H groups in total. The van der Waals surface area contributed by atoms with Crippen molar-refractivity contribution in [2.45, 2.75) is 236 Å². The molecule has 10 heteroatoms. The van der Waals surface area contributed by atoms with Crippen molar-refractivity contribution >= 4 is 18.0 Å². The fourth-order valence-corrected chi connectivity index (χ4v) is 15.0. The van der Waals surface area contributed by atoms with Crippen molar-refractivity contribution in [1.29, 1.82) is 0 Å². The number of nitrogens with one attached hydrogen (secondary N) is 2. The van der Waals surface area contributed by atoms with Crippen LogP contribution in [0.15, 0.2) is 11.6 Å². The van der Waals surface area contributed by atoms with Crippen molar-refractivity contribution < 1.29 is 38.1 Å². The highest BCUT2D eigenvalue weighted by molar-refractivity contribution is 5.80. The smallest absolute Gasteiger partial charge is 0.407 e. The molecule has 1 amide bonds. The largest absolute Gasteiger partial charge is 0.464 e. The SMILES string of the molecule is CCC(CC)C(C)(CC)OCC(C)(COC(=O)C(C)(C)C(C)(CC)C(C)(CC)OC)C(=O)OCCNC(=O)OC1CCC2(C)C(=CCC3C4CCC(C(C)CCCC(C)C)C4(C)CCC32NC)C1. The van der Waals surface area contributed by atoms with Crippen LogP contribution in [0.5, 0.6) is 0 Å². The number of fused-ring (bicyclic) bond motifs is 5. The van der Waals surface area contributed by atoms with Crippen LogP contribution in [0.3, 0.4) is 0 Å². The maximum Gasteiger partial charge on any atom is 0.407 e. The number of carbonyl (C=O) groups is 3. The summed E-state index contributed by atoms with van der Waals surface area (Å²) in [6.45, 7) is 34.6. The highest BCUT2D eigenvalue weighted by atomic mass is 16.6. The van der Waals surface area contributed by atoms with Crippen LogP contribution in [0.1, 0.15) is 214 Å². The van der Waals surface area contributed by atoms with E-state index < -0.39 is 45.5 Å². The molecule has 4 rings (SSSR count). The minimum absolute atomic E-state index is 0.00986. The normalized spacial score (nSPS) is 31.1. The topological polar surface area (TPSA) is 121 Å². The highest BCUT2D eigenvalue weighted by Crippen LogP contribution is 2.69. The number of hydrogen-bond donors (Lipinski definition) is 2. The Morgan fingerprint density at radius 3 is 2.06 bits per heavy atom. The molecule has 0 bridgehead atoms. The van der Waals surface area contributed by atoms with Gasteiger partial charge in [-0.15, -0.1) is 0 Å². The molecule has 3 fully saturated rings. The highest BCUT2D eigenvalue weighted by Gasteiger charge is 2.66. The molecule has 12 unspecified atom stereocenters. The van der Waals surface area contributed by atoms with Crippen LogP contribution in [0.25, 0.3) is 0 Å². The molecule has 4 aliphatic carbocycles. The predicted molar refractivity (Wildman–Crippen MR) is 276 cm³/mol. The van der Waals surface area contributed by atoms with Gasteiger partial charge in [0.15, 0.2) is 0 Å². The summed E-state index contributed by atoms with van der Waals surface area (Å²) in [5.74, 6) is 3.03. The zero-order chi connectivity index (χ0) is 51.1. The maximum atomic E-state index is 14.1. The molecule has 0 spiro atoms. The van der Waals surface area contributed by atoms with Crippen molar-refractivity contribution in [3.8, 4) is 0 Å². The van der Waals surface area contributed by atoms with Gasteiger partial charge in [-0.05, 0) is 147 Å². The Bertz CT molecular complexity index is 1710. The fourth-order valence-electron chi connectivity index (χ4n) is 15.0. The van der Waals surface area contributed by atoms with Gasteiger partial charge in [0.2, 0.25) is 0 Å². The summed E-state index contributed by atoms with van der Waals surface area (Å²) < 4.78 is 30.8. The number of amides is 1. The average molecular weight is 957 g/mol. The van der Waals surface area contributed by atoms with E-state index in [1.165, 1.54) is 50.5 Å². The first kappa shape index (κ1) is 58.4. The summed E-state index contributed by atoms with van der Waals surface area (Å²) in [5, 5.41) is 6.87. The van der Waals surface area contributed by atoms with E-state index in [0.29, 0.717) is 24.2 Å². The molecule has 394 valence electrons. The first-order valence-corrected chi connectivity index (χ1v) is 27.6. The molecule has 3 saturated carbocycles. The van der Waals surface area contributed by atoms with E-state index in [9.17, 15) is 14.4 Å². The molecular weight excluding hydrogens is 853 g/mol. The van der Waals surface area contributed by atoms with E-state index >= 15 is 0 Å². The van der Waals surface area contributed by atoms with Crippen LogP contribution in [0, 0.1) is 62.6 Å². The van der Waals surface area contributed by atoms with Crippen molar-refractivity contribution in [2.75, 3.05) is 40.5 Å². The van der Waals surface area contributed by atoms with Gasteiger partial charge >= 0.3 is 18.0 Å². The van der Waals surface area contributed by atoms with E-state index in [2.05, 4.69) is 107 Å². The number of allylic oxidation sites excluding steroid dienone is 1. The van der Waals surface area contributed by atoms with E-state index in [1.807, 2.05) is 20.8 Å². The number of rotatable bonds is 26. The van der Waals surface area contributed by atoms with E-state index in [-0.39, 0.29) is 49.3 Å². The van der Waals surface area contributed by atoms with Gasteiger partial charge in [-0.2, -0.15) is 0 Å². The Hall–Kier alpha value is -2.17. The van der Waals surface area contributed by atoms with Crippen molar-refractivity contribution in [2.24, 2.45) is 62.6 Å². The quantitative estimate of drug-likeness (QED) is 0.0378. The predicted octanol–water partition coefficient (Wildman–Crippen LogP) is 13.4. The number of esters is 2. The van der Waals surface area contributed by atoms with Gasteiger partial charge in [-0.1, -0.05) is 120 Å². The van der Waals surface area contributed by atoms with Crippen LogP contribution in [-0.2, 0) is 33.3 Å². The molecule has 0 radical (unpaired) electrons. The minimum Gasteiger partial charge on any atom is -0.464 e. The molecule has 68 heavy (non-hydrogen) atoms. The zero-order valence-electron chi connectivity index (χ0n) is 47.0. The van der Waals surface area contributed by atoms with Crippen molar-refractivity contribution in [3.05, 3.63) is 11.6 Å². The van der Waals surface area contributed by atoms with Crippen LogP contribution >= 0.6 is 0 Å². The first-order chi connectivity index (χ1) is 31.8. The van der Waals surface area contributed by atoms with Gasteiger partial charge < -0.3 is 34.3 Å². The third-order valence-electron chi connectivity index (χ3n) is 21.0. The van der Waals surface area contributed by atoms with E-state index in [4.69, 9.17) is 23.7 Å². The second-order valence-corrected chi connectivity index (χ2v) is 24.8. The Morgan fingerprint density at radius 1 is 0.809 bits per heavy atom. The van der Waals surface area contributed by atoms with Gasteiger partial charge in [0.1, 0.15) is 24.7 Å². The van der Waals surface area contributed by atoms with Crippen LogP contribution in [0.2, 0.25) is 0 Å². The summed E-state index contributed by atoms with van der Waals surface area (Å²) in [6, 6.07) is 0. The summed E-state index contributed by atoms with van der Waals surface area (Å²) in [6.07, 6.45) is 18.7. The Kier molecular flexibility index (Phi) is 19.9. The lowest BCUT2D eigenvalue weighted by Gasteiger charge is -2.65. The van der Waals surface area contributed by atoms with Crippen LogP contribution in [0.4, 0.5) is 4.79 Å². The lowest BCUT2D eigenvalue weighted by molar-refractivity contribution is -0.196. The van der Waals surface area contributed by atoms with E-state index in [0.717, 1.165) is 68.6 Å². The molecule has 0 heterocycles. The second kappa shape index (κ2) is 23.1. The monoisotopic (exact) mass is 957 g/mol. The summed E-state index contributed by atoms with van der Waals surface area (Å²) >= 11 is 0. The first-order valence-electron chi connectivity index (χ1n) is 27.6. The Balaban J connectivity index is 1.39. The molecule has 0 aromatic carbocycles. The summed E-state index contributed by atoms with van der Waals surface area (Å²) in [7, 11) is 3.90. The fraction of sp³-hybridized carbons (Fsp3) is 0.914. The molecule has 0 aromatic heterocycles. The van der Waals surface area contributed by atoms with Gasteiger partial charge in [-0.3, -0.25) is 9.59 Å². The lowest BCUT2D eigenvalue weighted by atomic mass is 9.43. The van der Waals surface area contributed by atoms with Gasteiger partial charge in [0.25, 0.3) is 0 Å². The molecule has 10 nitrogen and oxygen atoms in total. The number of hydrogen-bond acceptors (Lipinski definition) is 9. The van der Waals surface area contributed by atoms with Gasteiger partial charge in [-0.25, -0.2) is 4.79 Å². The third-order valence-corrected chi connectivity index (χ3v) is 21.0. The van der Waals surface area contributed by atoms with Crippen LogP contribution < -0.4 is 10.6 Å². The maximum absolute atomic E-state index is 14.1. The van der Waals surface area contributed by atoms with Gasteiger partial charge in [0, 0.05) is 29.9 Å². The standard InChI is InChI=1S/C58H104N2O8/c1-19-42(20-2)55(14,21-3)67-39-52(11,38-66-48(61)51(9,10)56(15,22-4)57(16,23-5)64-18)49(62)65-36-35-60-50(63)68-44-31-32-54(13)43(37-44)27-28-47-46-30-29-45(41(8)26-24-25-40(6)7)53(46,12)33-34-58(47,54)59-17/h27,40-42,44-47,59H,19-26,28-39H2,1-18H3,(H,60,63). The average Bonchev–Trinajstić information content (AvgIpc) is 3.67. The van der Waals surface area contributed by atoms with Gasteiger partial charge in [0.05, 0.1) is 29.8 Å². The molecule has 0 saturated heterocycles. The summed E-state index contributed by atoms with van der Waals surface area (Å²) in [4.78, 5) is 41.6. The van der Waals surface area contributed by atoms with Crippen LogP contribution in [-0.4, -0.2) is 81.4 Å². The van der Waals surface area contributed by atoms with E-state index in [1.54, 1.807) is 14.0 Å². The Morgan fingerprint density at radius 2 is 1.49 bits per heavy atom. The molecule has 12 atom stereocenters. The number of methoxy groups -OCH3 is 1. The number of carbonyl (C=O) groups excluding carboxylic acids is 3. The third kappa shape index (κ3) is 11.1. The second-order valence-electron chi connectivity index (χ2n) is 24.8. The zero-order valence-corrected chi connectivity index (χ0v) is 47.0. The number of ether oxygens (including phenoxy) is 5. The molecule has 4 aliphatic rings. The minimum atomic E-state index is -1.30. The van der Waals surface area contributed by atoms with Crippen molar-refractivity contribution in [1.82, 2.24) is 10.6 Å². The lowest BCUT2D eigenvalue weighted by Crippen LogP contribution is -2.68. The Labute approximate surface area is 416 Å². The summed E-state index contributed by atoms with van der Waals surface area (Å²) in [5.41, 5.74) is -2.01. The molecule has 0 aromatic rings. The molecular formula is C58H104N2O8. The number of alkyl carbamates (subject to hydrolysis) is 1. The van der Waals surface area contributed by atoms with Crippen molar-refractivity contribution in [3.63, 3.8) is 0 Å². The molecule has 0 aliphatic heterocycles.